The molecule has 4 nitrogen and oxygen atoms in total. The zero-order valence-electron chi connectivity index (χ0n) is 16.3. The molecule has 3 rings (SSSR count). The van der Waals surface area contributed by atoms with Crippen LogP contribution in [0.4, 0.5) is 0 Å². The number of nitrogens with zero attached hydrogens (tertiary/aromatic N) is 1. The molecule has 0 aliphatic carbocycles. The number of aromatic carboxylic acids is 1. The van der Waals surface area contributed by atoms with E-state index in [2.05, 4.69) is 44.2 Å². The fourth-order valence-corrected chi connectivity index (χ4v) is 4.93. The van der Waals surface area contributed by atoms with Crippen molar-refractivity contribution < 1.29 is 9.90 Å². The molecule has 1 unspecified atom stereocenters. The van der Waals surface area contributed by atoms with Gasteiger partial charge in [0.25, 0.3) is 0 Å². The lowest BCUT2D eigenvalue weighted by atomic mass is 9.88. The van der Waals surface area contributed by atoms with Gasteiger partial charge in [0.15, 0.2) is 0 Å². The van der Waals surface area contributed by atoms with Gasteiger partial charge in [-0.1, -0.05) is 37.6 Å². The molecular weight excluding hydrogens is 400 g/mol. The van der Waals surface area contributed by atoms with Crippen LogP contribution < -0.4 is 5.73 Å². The van der Waals surface area contributed by atoms with Crippen molar-refractivity contribution in [2.45, 2.75) is 32.2 Å². The minimum absolute atomic E-state index is 0.225. The van der Waals surface area contributed by atoms with Crippen LogP contribution in [0.3, 0.4) is 0 Å². The summed E-state index contributed by atoms with van der Waals surface area (Å²) in [7, 11) is 0. The Labute approximate surface area is 178 Å². The monoisotopic (exact) mass is 422 g/mol. The molecule has 0 aliphatic heterocycles. The van der Waals surface area contributed by atoms with Crippen molar-refractivity contribution in [2.75, 3.05) is 0 Å². The summed E-state index contributed by atoms with van der Waals surface area (Å²) >= 11 is 2.70. The number of hydrogen-bond acceptors (Lipinski definition) is 5. The van der Waals surface area contributed by atoms with Gasteiger partial charge >= 0.3 is 5.97 Å². The maximum absolute atomic E-state index is 11.1. The van der Waals surface area contributed by atoms with Crippen molar-refractivity contribution >= 4 is 40.3 Å². The van der Waals surface area contributed by atoms with Crippen LogP contribution in [-0.2, 0) is 5.54 Å². The number of hydrogen-bond donors (Lipinski definition) is 2. The number of benzene rings is 1. The van der Waals surface area contributed by atoms with E-state index in [1.54, 1.807) is 23.5 Å². The molecule has 0 aliphatic rings. The molecule has 29 heavy (non-hydrogen) atoms. The third-order valence-electron chi connectivity index (χ3n) is 4.71. The standard InChI is InChI=1S/C23H22N2O2S2/c1-3-12-23(2,25)17-6-4-15(5-7-17)19-9-8-18(28-19)13-16(14-24)20-10-11-21(29-20)22(26)27/h4-11,13H,3,12,25H2,1-2H3,(H,26,27)/b16-13+. The number of carboxylic acid groups (broad SMARTS) is 1. The summed E-state index contributed by atoms with van der Waals surface area (Å²) in [4.78, 5) is 14.0. The first kappa shape index (κ1) is 21.0. The summed E-state index contributed by atoms with van der Waals surface area (Å²) in [5, 5.41) is 18.6. The molecule has 0 amide bonds. The van der Waals surface area contributed by atoms with Gasteiger partial charge in [0.1, 0.15) is 10.9 Å². The zero-order valence-corrected chi connectivity index (χ0v) is 17.9. The first-order valence-corrected chi connectivity index (χ1v) is 10.9. The Morgan fingerprint density at radius 2 is 1.83 bits per heavy atom. The van der Waals surface area contributed by atoms with Gasteiger partial charge in [-0.2, -0.15) is 5.26 Å². The first-order valence-electron chi connectivity index (χ1n) is 9.29. The second-order valence-corrected chi connectivity index (χ2v) is 9.28. The lowest BCUT2D eigenvalue weighted by Crippen LogP contribution is -2.32. The Hall–Kier alpha value is -2.72. The highest BCUT2D eigenvalue weighted by Crippen LogP contribution is 2.33. The fraction of sp³-hybridized carbons (Fsp3) is 0.217. The van der Waals surface area contributed by atoms with Crippen molar-refractivity contribution in [3.8, 4) is 16.5 Å². The molecule has 0 radical (unpaired) electrons. The van der Waals surface area contributed by atoms with Gasteiger partial charge in [0.2, 0.25) is 0 Å². The Bertz CT molecular complexity index is 1080. The molecule has 1 aromatic carbocycles. The normalized spacial score (nSPS) is 13.7. The third kappa shape index (κ3) is 4.83. The minimum atomic E-state index is -0.979. The van der Waals surface area contributed by atoms with Crippen molar-refractivity contribution in [3.63, 3.8) is 0 Å². The molecular formula is C23H22N2O2S2. The maximum Gasteiger partial charge on any atom is 0.345 e. The molecule has 2 aromatic heterocycles. The van der Waals surface area contributed by atoms with Crippen LogP contribution in [0, 0.1) is 11.3 Å². The van der Waals surface area contributed by atoms with Gasteiger partial charge in [-0.3, -0.25) is 0 Å². The molecule has 3 N–H and O–H groups in total. The van der Waals surface area contributed by atoms with Crippen LogP contribution in [0.2, 0.25) is 0 Å². The van der Waals surface area contributed by atoms with Crippen molar-refractivity contribution in [3.05, 3.63) is 68.7 Å². The number of carboxylic acids is 1. The lowest BCUT2D eigenvalue weighted by Gasteiger charge is -2.24. The van der Waals surface area contributed by atoms with Gasteiger partial charge in [0.05, 0.1) is 5.57 Å². The average Bonchev–Trinajstić information content (AvgIpc) is 3.36. The van der Waals surface area contributed by atoms with Gasteiger partial charge in [-0.05, 0) is 54.8 Å². The molecule has 148 valence electrons. The quantitative estimate of drug-likeness (QED) is 0.443. The van der Waals surface area contributed by atoms with Crippen LogP contribution in [0.25, 0.3) is 22.1 Å². The maximum atomic E-state index is 11.1. The molecule has 0 saturated heterocycles. The summed E-state index contributed by atoms with van der Waals surface area (Å²) in [6.07, 6.45) is 3.77. The molecule has 0 saturated carbocycles. The highest BCUT2D eigenvalue weighted by Gasteiger charge is 2.19. The Morgan fingerprint density at radius 3 is 2.41 bits per heavy atom. The first-order chi connectivity index (χ1) is 13.8. The van der Waals surface area contributed by atoms with E-state index < -0.39 is 5.97 Å². The van der Waals surface area contributed by atoms with E-state index in [-0.39, 0.29) is 10.4 Å². The highest BCUT2D eigenvalue weighted by atomic mass is 32.1. The SMILES string of the molecule is CCCC(C)(N)c1ccc(-c2ccc(/C=C(\C#N)c3ccc(C(=O)O)s3)s2)cc1. The van der Waals surface area contributed by atoms with Crippen molar-refractivity contribution in [2.24, 2.45) is 5.73 Å². The predicted octanol–water partition coefficient (Wildman–Crippen LogP) is 6.21. The number of rotatable bonds is 7. The second-order valence-electron chi connectivity index (χ2n) is 7.09. The Kier molecular flexibility index (Phi) is 6.33. The molecule has 0 fully saturated rings. The lowest BCUT2D eigenvalue weighted by molar-refractivity contribution is 0.0702. The Morgan fingerprint density at radius 1 is 1.14 bits per heavy atom. The largest absolute Gasteiger partial charge is 0.477 e. The van der Waals surface area contributed by atoms with E-state index >= 15 is 0 Å². The number of thiophene rings is 2. The van der Waals surface area contributed by atoms with Crippen molar-refractivity contribution in [1.82, 2.24) is 0 Å². The van der Waals surface area contributed by atoms with E-state index in [1.807, 2.05) is 12.1 Å². The molecule has 2 heterocycles. The number of allylic oxidation sites excluding steroid dienone is 1. The summed E-state index contributed by atoms with van der Waals surface area (Å²) in [6.45, 7) is 4.19. The van der Waals surface area contributed by atoms with E-state index in [4.69, 9.17) is 10.8 Å². The number of carbonyl (C=O) groups is 1. The van der Waals surface area contributed by atoms with Gasteiger partial charge in [-0.15, -0.1) is 22.7 Å². The van der Waals surface area contributed by atoms with Gasteiger partial charge in [0, 0.05) is 20.2 Å². The Balaban J connectivity index is 1.83. The molecule has 0 bridgehead atoms. The number of nitrogens with two attached hydrogens (primary N) is 1. The molecule has 0 spiro atoms. The average molecular weight is 423 g/mol. The van der Waals surface area contributed by atoms with E-state index in [9.17, 15) is 10.1 Å². The zero-order chi connectivity index (χ0) is 21.0. The molecule has 6 heteroatoms. The van der Waals surface area contributed by atoms with Crippen LogP contribution in [-0.4, -0.2) is 11.1 Å². The second kappa shape index (κ2) is 8.75. The minimum Gasteiger partial charge on any atom is -0.477 e. The molecule has 1 atom stereocenters. The summed E-state index contributed by atoms with van der Waals surface area (Å²) in [5.74, 6) is -0.979. The van der Waals surface area contributed by atoms with Crippen molar-refractivity contribution in [1.29, 1.82) is 5.26 Å². The predicted molar refractivity (Wildman–Crippen MR) is 121 cm³/mol. The fourth-order valence-electron chi connectivity index (χ4n) is 3.16. The third-order valence-corrected chi connectivity index (χ3v) is 6.90. The highest BCUT2D eigenvalue weighted by molar-refractivity contribution is 7.16. The molecule has 3 aromatic rings. The summed E-state index contributed by atoms with van der Waals surface area (Å²) in [5.41, 5.74) is 8.78. The van der Waals surface area contributed by atoms with Gasteiger partial charge < -0.3 is 10.8 Å². The van der Waals surface area contributed by atoms with Crippen LogP contribution in [0.1, 0.15) is 51.7 Å². The van der Waals surface area contributed by atoms with Crippen LogP contribution >= 0.6 is 22.7 Å². The van der Waals surface area contributed by atoms with Gasteiger partial charge in [-0.25, -0.2) is 4.79 Å². The van der Waals surface area contributed by atoms with E-state index in [1.165, 1.54) is 6.07 Å². The van der Waals surface area contributed by atoms with E-state index in [0.717, 1.165) is 45.1 Å². The summed E-state index contributed by atoms with van der Waals surface area (Å²) < 4.78 is 0. The topological polar surface area (TPSA) is 87.1 Å². The van der Waals surface area contributed by atoms with Crippen LogP contribution in [0.5, 0.6) is 0 Å². The number of nitriles is 1. The van der Waals surface area contributed by atoms with Crippen LogP contribution in [0.15, 0.2) is 48.5 Å². The summed E-state index contributed by atoms with van der Waals surface area (Å²) in [6, 6.07) is 17.7. The smallest absolute Gasteiger partial charge is 0.345 e. The van der Waals surface area contributed by atoms with E-state index in [0.29, 0.717) is 10.5 Å².